The van der Waals surface area contributed by atoms with Gasteiger partial charge in [0, 0.05) is 113 Å². The number of hydrogen-bond acceptors (Lipinski definition) is 7. The molecule has 0 saturated carbocycles. The standard InChI is InChI=1S/C42H28N4.C36H23N3O.C34H26N2/c1-4-19-39-31(12-1)28-42-45(40-20-5-2-15-35(40)36-16-3-6-21-41(36)46(39)42)34-26-32(25-33(27-34)38-18-8-10-23-44-38)29-13-11-14-30(24-29)37-17-7-9-22-43-37;1-3-13-24(14-4-1)29-23-37-35(34(38-29)25-15-5-2-6-16-25)33-28-19-8-11-21-31(28)39-30-20-10-7-17-26(30)27-18-9-12-22-32(27)40-36(33)39;1-34(2)28-14-6-3-11-25(28)26-12-4-7-16-30(26)36-31-17-8-5-13-27(31)32(33(34)36)24-20-18-23(19-21-24)29-15-9-10-22-35-29/h1-28H;1-23H;3-22H,1-2H3. The van der Waals surface area contributed by atoms with Crippen molar-refractivity contribution in [1.82, 2.24) is 38.6 Å². The molecule has 0 spiro atoms. The number of hydrogen-bond donors (Lipinski definition) is 0. The molecule has 0 aliphatic carbocycles. The molecule has 0 unspecified atom stereocenters. The fraction of sp³-hybridized carbons (Fsp3) is 0.0268. The minimum absolute atomic E-state index is 0.219. The topological polar surface area (TPSA) is 91.7 Å². The Morgan fingerprint density at radius 2 is 0.738 bits per heavy atom. The molecule has 0 atom stereocenters. The highest BCUT2D eigenvalue weighted by atomic mass is 16.5. The zero-order chi connectivity index (χ0) is 81.2. The van der Waals surface area contributed by atoms with Crippen molar-refractivity contribution in [1.29, 1.82) is 0 Å². The lowest BCUT2D eigenvalue weighted by molar-refractivity contribution is 0.462. The number of aromatic nitrogens is 8. The molecule has 10 heterocycles. The highest BCUT2D eigenvalue weighted by molar-refractivity contribution is 6.06. The second kappa shape index (κ2) is 30.4. The molecule has 0 amide bonds. The lowest BCUT2D eigenvalue weighted by Gasteiger charge is -2.28. The fourth-order valence-corrected chi connectivity index (χ4v) is 18.4. The number of benzene rings is 14. The lowest BCUT2D eigenvalue weighted by atomic mass is 9.76. The largest absolute Gasteiger partial charge is 0.439 e. The van der Waals surface area contributed by atoms with Crippen LogP contribution in [0.1, 0.15) is 25.1 Å². The van der Waals surface area contributed by atoms with E-state index in [9.17, 15) is 0 Å². The molecule has 0 saturated heterocycles. The highest BCUT2D eigenvalue weighted by Crippen LogP contribution is 2.55. The van der Waals surface area contributed by atoms with Crippen molar-refractivity contribution in [2.45, 2.75) is 19.3 Å². The first-order valence-corrected chi connectivity index (χ1v) is 41.3. The predicted octanol–water partition coefficient (Wildman–Crippen LogP) is 28.7. The van der Waals surface area contributed by atoms with Crippen LogP contribution in [0, 0.1) is 0 Å². The summed E-state index contributed by atoms with van der Waals surface area (Å²) in [6.45, 7) is 4.74. The average Bonchev–Trinajstić information content (AvgIpc) is 1.60. The van der Waals surface area contributed by atoms with E-state index in [1.54, 1.807) is 0 Å². The first-order valence-electron chi connectivity index (χ1n) is 41.3. The third-order valence-corrected chi connectivity index (χ3v) is 23.9. The molecular weight excluding hydrogens is 1490 g/mol. The van der Waals surface area contributed by atoms with E-state index in [2.05, 4.69) is 364 Å². The smallest absolute Gasteiger partial charge is 0.215 e. The summed E-state index contributed by atoms with van der Waals surface area (Å²) in [5, 5.41) is 3.53. The van der Waals surface area contributed by atoms with Crippen molar-refractivity contribution in [2.24, 2.45) is 0 Å². The Morgan fingerprint density at radius 3 is 1.41 bits per heavy atom. The van der Waals surface area contributed by atoms with Crippen LogP contribution >= 0.6 is 0 Å². The van der Waals surface area contributed by atoms with Gasteiger partial charge >= 0.3 is 0 Å². The van der Waals surface area contributed by atoms with Crippen LogP contribution in [0.2, 0.25) is 0 Å². The molecule has 576 valence electrons. The van der Waals surface area contributed by atoms with Gasteiger partial charge in [-0.2, -0.15) is 0 Å². The minimum atomic E-state index is -0.219. The summed E-state index contributed by atoms with van der Waals surface area (Å²) in [5.74, 6) is 2.63. The Bertz CT molecular complexity index is 7560. The van der Waals surface area contributed by atoms with E-state index in [0.29, 0.717) is 0 Å². The van der Waals surface area contributed by atoms with Gasteiger partial charge in [-0.1, -0.05) is 305 Å². The van der Waals surface area contributed by atoms with Gasteiger partial charge in [0.1, 0.15) is 17.3 Å². The highest BCUT2D eigenvalue weighted by Gasteiger charge is 2.39. The van der Waals surface area contributed by atoms with Gasteiger partial charge < -0.3 is 9.30 Å². The predicted molar refractivity (Wildman–Crippen MR) is 499 cm³/mol. The van der Waals surface area contributed by atoms with Crippen LogP contribution in [-0.4, -0.2) is 38.6 Å². The first-order chi connectivity index (χ1) is 60.3. The van der Waals surface area contributed by atoms with E-state index in [-0.39, 0.29) is 5.41 Å². The molecule has 10 heteroatoms. The minimum Gasteiger partial charge on any atom is -0.439 e. The lowest BCUT2D eigenvalue weighted by Crippen LogP contribution is -2.22. The van der Waals surface area contributed by atoms with Gasteiger partial charge in [-0.05, 0) is 143 Å². The summed E-state index contributed by atoms with van der Waals surface area (Å²) in [6.07, 6.45) is 7.42. The number of anilines is 3. The number of pyridine rings is 3. The SMILES string of the molecule is CC1(C)c2ccccc2-c2ccccc2-n2c1c(-c1ccc(-c3ccccn3)cc1)c1ccccc12.c1ccc(-c2cccc(-c3cc(-c4ccccn4)cc(N4c5ccccc5-c5ccccc5-n5c4cc4ccccc45)c3)c2)nc1.c1ccc(-c2cnc(-c3c4n(c5ccccc35)-c3ccccc3-c3ccccc3O4)c(-c3ccccc3)n2)cc1. The summed E-state index contributed by atoms with van der Waals surface area (Å²) in [6, 6.07) is 143. The fourth-order valence-electron chi connectivity index (χ4n) is 18.4. The van der Waals surface area contributed by atoms with E-state index in [1.807, 2.05) is 110 Å². The number of para-hydroxylation sites is 8. The molecule has 0 N–H and O–H groups in total. The van der Waals surface area contributed by atoms with Crippen molar-refractivity contribution in [3.05, 3.63) is 442 Å². The van der Waals surface area contributed by atoms with Gasteiger partial charge in [-0.25, -0.2) is 4.98 Å². The monoisotopic (exact) mass is 1560 g/mol. The quantitative estimate of drug-likeness (QED) is 0.142. The number of rotatable bonds is 9. The summed E-state index contributed by atoms with van der Waals surface area (Å²) in [7, 11) is 0. The summed E-state index contributed by atoms with van der Waals surface area (Å²) >= 11 is 0. The van der Waals surface area contributed by atoms with E-state index < -0.39 is 0 Å². The Morgan fingerprint density at radius 1 is 0.279 bits per heavy atom. The molecule has 3 aliphatic heterocycles. The average molecular weight is 1560 g/mol. The molecular formula is C112H77N9O. The molecule has 7 aromatic heterocycles. The van der Waals surface area contributed by atoms with Crippen LogP contribution < -0.4 is 9.64 Å². The van der Waals surface area contributed by atoms with Gasteiger partial charge in [0.05, 0.1) is 79.5 Å². The van der Waals surface area contributed by atoms with Gasteiger partial charge in [0.15, 0.2) is 0 Å². The molecule has 10 nitrogen and oxygen atoms in total. The normalized spacial score (nSPS) is 12.3. The van der Waals surface area contributed by atoms with E-state index in [0.717, 1.165) is 141 Å². The van der Waals surface area contributed by atoms with E-state index >= 15 is 0 Å². The van der Waals surface area contributed by atoms with Crippen LogP contribution in [0.5, 0.6) is 11.6 Å². The second-order valence-electron chi connectivity index (χ2n) is 31.4. The summed E-state index contributed by atoms with van der Waals surface area (Å²) in [4.78, 5) is 26.7. The first kappa shape index (κ1) is 72.3. The Kier molecular flexibility index (Phi) is 18.0. The van der Waals surface area contributed by atoms with E-state index in [1.165, 1.54) is 72.1 Å². The third-order valence-electron chi connectivity index (χ3n) is 23.9. The van der Waals surface area contributed by atoms with Crippen LogP contribution in [-0.2, 0) is 5.41 Å². The molecule has 0 bridgehead atoms. The van der Waals surface area contributed by atoms with Crippen molar-refractivity contribution in [3.8, 4) is 152 Å². The van der Waals surface area contributed by atoms with Crippen molar-refractivity contribution < 1.29 is 4.74 Å². The maximum atomic E-state index is 6.86. The maximum absolute atomic E-state index is 6.86. The van der Waals surface area contributed by atoms with Gasteiger partial charge in [-0.15, -0.1) is 0 Å². The maximum Gasteiger partial charge on any atom is 0.215 e. The molecule has 122 heavy (non-hydrogen) atoms. The second-order valence-corrected chi connectivity index (χ2v) is 31.4. The van der Waals surface area contributed by atoms with Crippen LogP contribution in [0.4, 0.5) is 17.2 Å². The Hall–Kier alpha value is -16.2. The molecule has 0 radical (unpaired) electrons. The molecule has 24 rings (SSSR count). The third kappa shape index (κ3) is 12.5. The molecule has 3 aliphatic rings. The molecule has 0 fully saturated rings. The number of fused-ring (bicyclic) bond motifs is 21. The summed E-state index contributed by atoms with van der Waals surface area (Å²) in [5.41, 5.74) is 35.0. The van der Waals surface area contributed by atoms with Crippen LogP contribution in [0.15, 0.2) is 431 Å². The van der Waals surface area contributed by atoms with Gasteiger partial charge in [0.2, 0.25) is 5.88 Å². The Balaban J connectivity index is 0.000000110. The van der Waals surface area contributed by atoms with Crippen molar-refractivity contribution in [3.63, 3.8) is 0 Å². The van der Waals surface area contributed by atoms with Crippen LogP contribution in [0.25, 0.3) is 173 Å². The van der Waals surface area contributed by atoms with Crippen molar-refractivity contribution >= 4 is 49.9 Å². The van der Waals surface area contributed by atoms with Crippen molar-refractivity contribution in [2.75, 3.05) is 4.90 Å². The zero-order valence-corrected chi connectivity index (χ0v) is 66.9. The summed E-state index contributed by atoms with van der Waals surface area (Å²) < 4.78 is 14.0. The number of nitrogens with zero attached hydrogens (tertiary/aromatic N) is 9. The number of ether oxygens (including phenoxy) is 1. The molecule has 14 aromatic carbocycles. The van der Waals surface area contributed by atoms with E-state index in [4.69, 9.17) is 19.7 Å². The van der Waals surface area contributed by atoms with Crippen LogP contribution in [0.3, 0.4) is 0 Å². The van der Waals surface area contributed by atoms with Gasteiger partial charge in [0.25, 0.3) is 0 Å². The Labute approximate surface area is 707 Å². The zero-order valence-electron chi connectivity index (χ0n) is 66.9. The molecule has 21 aromatic rings. The van der Waals surface area contributed by atoms with Gasteiger partial charge in [-0.3, -0.25) is 34.0 Å².